The molecule has 0 radical (unpaired) electrons. The van der Waals surface area contributed by atoms with E-state index in [1.165, 1.54) is 16.8 Å². The summed E-state index contributed by atoms with van der Waals surface area (Å²) in [5.74, 6) is -1.64. The number of carbonyl (C=O) groups is 1. The molecule has 4 aromatic rings. The number of fused-ring (bicyclic) bond motifs is 1. The largest absolute Gasteiger partial charge is 0.367 e. The van der Waals surface area contributed by atoms with E-state index in [1.54, 1.807) is 36.4 Å². The Hall–Kier alpha value is -4.05. The second-order valence-corrected chi connectivity index (χ2v) is 8.24. The zero-order valence-electron chi connectivity index (χ0n) is 18.5. The summed E-state index contributed by atoms with van der Waals surface area (Å²) in [7, 11) is 2.04. The second kappa shape index (κ2) is 8.71. The fraction of sp³-hybridized carbons (Fsp3) is 0.208. The highest BCUT2D eigenvalue weighted by Crippen LogP contribution is 2.27. The number of carbonyl (C=O) groups excluding carboxylic acids is 1. The Morgan fingerprint density at radius 2 is 1.82 bits per heavy atom. The first kappa shape index (κ1) is 21.8. The van der Waals surface area contributed by atoms with Crippen molar-refractivity contribution in [2.24, 2.45) is 5.73 Å². The van der Waals surface area contributed by atoms with Crippen LogP contribution in [0, 0.1) is 11.6 Å². The van der Waals surface area contributed by atoms with Crippen LogP contribution in [0.1, 0.15) is 10.4 Å². The van der Waals surface area contributed by atoms with Crippen molar-refractivity contribution in [2.75, 3.05) is 43.4 Å². The molecule has 1 fully saturated rings. The first-order valence-corrected chi connectivity index (χ1v) is 10.8. The summed E-state index contributed by atoms with van der Waals surface area (Å²) < 4.78 is 31.0. The Morgan fingerprint density at radius 3 is 2.56 bits per heavy atom. The van der Waals surface area contributed by atoms with Crippen molar-refractivity contribution in [3.63, 3.8) is 0 Å². The fourth-order valence-electron chi connectivity index (χ4n) is 4.16. The Bertz CT molecular complexity index is 1380. The van der Waals surface area contributed by atoms with Gasteiger partial charge in [-0.15, -0.1) is 0 Å². The molecule has 5 rings (SSSR count). The molecule has 174 valence electrons. The number of primary amides is 1. The lowest BCUT2D eigenvalue weighted by atomic mass is 10.2. The number of hydrogen-bond donors (Lipinski definition) is 2. The SMILES string of the molecule is CN1CCN(c2ccc(Nc3ncc(F)c(-n4cc(C(N)=O)c5ccccc54)n3)cc2F)CC1. The zero-order valence-corrected chi connectivity index (χ0v) is 18.5. The van der Waals surface area contributed by atoms with Crippen molar-refractivity contribution in [1.29, 1.82) is 0 Å². The molecule has 34 heavy (non-hydrogen) atoms. The zero-order chi connectivity index (χ0) is 23.8. The lowest BCUT2D eigenvalue weighted by Gasteiger charge is -2.34. The van der Waals surface area contributed by atoms with E-state index in [2.05, 4.69) is 20.2 Å². The molecule has 3 N–H and O–H groups in total. The molecule has 1 aliphatic heterocycles. The van der Waals surface area contributed by atoms with Gasteiger partial charge in [0.25, 0.3) is 5.91 Å². The van der Waals surface area contributed by atoms with Gasteiger partial charge in [-0.2, -0.15) is 4.98 Å². The Morgan fingerprint density at radius 1 is 1.06 bits per heavy atom. The van der Waals surface area contributed by atoms with E-state index in [0.717, 1.165) is 32.4 Å². The van der Waals surface area contributed by atoms with Crippen LogP contribution in [0.5, 0.6) is 0 Å². The summed E-state index contributed by atoms with van der Waals surface area (Å²) in [6, 6.07) is 11.8. The highest BCUT2D eigenvalue weighted by molar-refractivity contribution is 6.06. The van der Waals surface area contributed by atoms with Crippen molar-refractivity contribution < 1.29 is 13.6 Å². The van der Waals surface area contributed by atoms with Crippen LogP contribution in [-0.4, -0.2) is 58.6 Å². The maximum absolute atomic E-state index is 14.9. The number of anilines is 3. The number of piperazine rings is 1. The van der Waals surface area contributed by atoms with Gasteiger partial charge in [0.2, 0.25) is 5.95 Å². The maximum Gasteiger partial charge on any atom is 0.250 e. The van der Waals surface area contributed by atoms with Gasteiger partial charge < -0.3 is 20.9 Å². The van der Waals surface area contributed by atoms with E-state index < -0.39 is 11.7 Å². The number of likely N-dealkylation sites (N-methyl/N-ethyl adjacent to an activating group) is 1. The smallest absolute Gasteiger partial charge is 0.250 e. The van der Waals surface area contributed by atoms with Crippen molar-refractivity contribution in [3.05, 3.63) is 72.1 Å². The monoisotopic (exact) mass is 463 g/mol. The van der Waals surface area contributed by atoms with Gasteiger partial charge in [-0.05, 0) is 31.3 Å². The molecule has 2 aromatic carbocycles. The lowest BCUT2D eigenvalue weighted by Crippen LogP contribution is -2.44. The van der Waals surface area contributed by atoms with Gasteiger partial charge in [-0.3, -0.25) is 9.36 Å². The number of amides is 1. The van der Waals surface area contributed by atoms with E-state index >= 15 is 0 Å². The third-order valence-electron chi connectivity index (χ3n) is 5.98. The molecule has 0 atom stereocenters. The molecule has 3 heterocycles. The molecule has 1 aliphatic rings. The first-order valence-electron chi connectivity index (χ1n) is 10.8. The number of hydrogen-bond acceptors (Lipinski definition) is 6. The molecule has 0 aliphatic carbocycles. The van der Waals surface area contributed by atoms with Gasteiger partial charge in [0.15, 0.2) is 11.6 Å². The predicted molar refractivity (Wildman–Crippen MR) is 127 cm³/mol. The first-order chi connectivity index (χ1) is 16.4. The molecular weight excluding hydrogens is 440 g/mol. The van der Waals surface area contributed by atoms with Gasteiger partial charge in [0.05, 0.1) is 23.0 Å². The maximum atomic E-state index is 14.9. The number of benzene rings is 2. The molecule has 1 saturated heterocycles. The number of halogens is 2. The van der Waals surface area contributed by atoms with Crippen LogP contribution in [0.4, 0.5) is 26.1 Å². The average molecular weight is 463 g/mol. The highest BCUT2D eigenvalue weighted by atomic mass is 19.1. The Balaban J connectivity index is 1.45. The summed E-state index contributed by atoms with van der Waals surface area (Å²) in [6.45, 7) is 3.25. The molecule has 8 nitrogen and oxygen atoms in total. The molecule has 1 amide bonds. The summed E-state index contributed by atoms with van der Waals surface area (Å²) in [6.07, 6.45) is 2.48. The number of rotatable bonds is 5. The third kappa shape index (κ3) is 4.03. The standard InChI is InChI=1S/C24H23F2N7O/c1-31-8-10-32(11-9-31)21-7-6-15(12-18(21)25)29-24-28-13-19(26)23(30-24)33-14-17(22(27)34)16-4-2-3-5-20(16)33/h2-7,12-14H,8-11H2,1H3,(H2,27,34)(H,28,29,30). The Labute approximate surface area is 194 Å². The van der Waals surface area contributed by atoms with Crippen molar-refractivity contribution in [2.45, 2.75) is 0 Å². The van der Waals surface area contributed by atoms with Gasteiger partial charge >= 0.3 is 0 Å². The molecule has 0 spiro atoms. The molecule has 0 saturated carbocycles. The van der Waals surface area contributed by atoms with Crippen LogP contribution in [0.15, 0.2) is 54.9 Å². The lowest BCUT2D eigenvalue weighted by molar-refractivity contribution is 0.100. The number of para-hydroxylation sites is 1. The average Bonchev–Trinajstić information content (AvgIpc) is 3.21. The number of nitrogens with zero attached hydrogens (tertiary/aromatic N) is 5. The van der Waals surface area contributed by atoms with Gasteiger partial charge in [-0.1, -0.05) is 18.2 Å². The summed E-state index contributed by atoms with van der Waals surface area (Å²) in [4.78, 5) is 24.4. The minimum absolute atomic E-state index is 0.0595. The van der Waals surface area contributed by atoms with Crippen molar-refractivity contribution in [1.82, 2.24) is 19.4 Å². The van der Waals surface area contributed by atoms with E-state index in [0.29, 0.717) is 22.3 Å². The third-order valence-corrected chi connectivity index (χ3v) is 5.98. The van der Waals surface area contributed by atoms with Crippen LogP contribution < -0.4 is 16.0 Å². The van der Waals surface area contributed by atoms with Crippen LogP contribution in [0.25, 0.3) is 16.7 Å². The van der Waals surface area contributed by atoms with Crippen molar-refractivity contribution in [3.8, 4) is 5.82 Å². The minimum atomic E-state index is -0.682. The molecule has 10 heteroatoms. The fourth-order valence-corrected chi connectivity index (χ4v) is 4.16. The number of nitrogens with one attached hydrogen (secondary N) is 1. The predicted octanol–water partition coefficient (Wildman–Crippen LogP) is 3.29. The molecule has 2 aromatic heterocycles. The minimum Gasteiger partial charge on any atom is -0.367 e. The van der Waals surface area contributed by atoms with E-state index in [4.69, 9.17) is 5.73 Å². The van der Waals surface area contributed by atoms with Crippen LogP contribution in [0.2, 0.25) is 0 Å². The van der Waals surface area contributed by atoms with Gasteiger partial charge in [0, 0.05) is 43.4 Å². The number of aromatic nitrogens is 3. The Kier molecular flexibility index (Phi) is 5.58. The summed E-state index contributed by atoms with van der Waals surface area (Å²) >= 11 is 0. The number of nitrogens with two attached hydrogens (primary N) is 1. The molecular formula is C24H23F2N7O. The summed E-state index contributed by atoms with van der Waals surface area (Å²) in [5, 5.41) is 3.52. The topological polar surface area (TPSA) is 92.3 Å². The highest BCUT2D eigenvalue weighted by Gasteiger charge is 2.19. The van der Waals surface area contributed by atoms with Crippen LogP contribution in [0.3, 0.4) is 0 Å². The van der Waals surface area contributed by atoms with Gasteiger partial charge in [0.1, 0.15) is 5.82 Å². The van der Waals surface area contributed by atoms with Crippen molar-refractivity contribution >= 4 is 34.1 Å². The molecule has 0 unspecified atom stereocenters. The normalized spacial score (nSPS) is 14.5. The molecule has 0 bridgehead atoms. The van der Waals surface area contributed by atoms with E-state index in [9.17, 15) is 13.6 Å². The summed E-state index contributed by atoms with van der Waals surface area (Å²) in [5.41, 5.74) is 7.29. The second-order valence-electron chi connectivity index (χ2n) is 8.24. The van der Waals surface area contributed by atoms with Gasteiger partial charge in [-0.25, -0.2) is 13.8 Å². The van der Waals surface area contributed by atoms with Crippen LogP contribution >= 0.6 is 0 Å². The van der Waals surface area contributed by atoms with E-state index in [-0.39, 0.29) is 23.1 Å². The van der Waals surface area contributed by atoms with Crippen LogP contribution in [-0.2, 0) is 0 Å². The quantitative estimate of drug-likeness (QED) is 0.472. The van der Waals surface area contributed by atoms with E-state index in [1.807, 2.05) is 11.9 Å².